The molecule has 0 radical (unpaired) electrons. The Labute approximate surface area is 124 Å². The van der Waals surface area contributed by atoms with Crippen molar-refractivity contribution in [3.8, 4) is 11.4 Å². The van der Waals surface area contributed by atoms with E-state index in [-0.39, 0.29) is 12.4 Å². The Morgan fingerprint density at radius 3 is 2.95 bits per heavy atom. The van der Waals surface area contributed by atoms with Gasteiger partial charge in [-0.15, -0.1) is 12.4 Å². The van der Waals surface area contributed by atoms with E-state index in [2.05, 4.69) is 15.3 Å². The molecule has 0 aliphatic carbocycles. The van der Waals surface area contributed by atoms with E-state index < -0.39 is 0 Å². The van der Waals surface area contributed by atoms with Crippen molar-refractivity contribution >= 4 is 24.0 Å². The highest BCUT2D eigenvalue weighted by atomic mass is 35.5. The van der Waals surface area contributed by atoms with E-state index in [1.807, 2.05) is 31.3 Å². The van der Waals surface area contributed by atoms with Crippen LogP contribution in [0.2, 0.25) is 5.02 Å². The lowest BCUT2D eigenvalue weighted by Gasteiger charge is -2.07. The van der Waals surface area contributed by atoms with Crippen LogP contribution in [0.15, 0.2) is 24.4 Å². The number of rotatable bonds is 2. The largest absolute Gasteiger partial charge is 0.341 e. The van der Waals surface area contributed by atoms with Gasteiger partial charge in [0.1, 0.15) is 5.82 Å². The molecule has 0 bridgehead atoms. The molecule has 0 spiro atoms. The molecule has 2 heterocycles. The molecule has 3 nitrogen and oxygen atoms in total. The molecule has 0 saturated carbocycles. The molecule has 102 valence electrons. The van der Waals surface area contributed by atoms with Gasteiger partial charge in [-0.2, -0.15) is 0 Å². The lowest BCUT2D eigenvalue weighted by Crippen LogP contribution is -2.12. The number of benzene rings is 1. The van der Waals surface area contributed by atoms with Gasteiger partial charge in [-0.3, -0.25) is 0 Å². The summed E-state index contributed by atoms with van der Waals surface area (Å²) in [6.07, 6.45) is 4.34. The highest BCUT2D eigenvalue weighted by Crippen LogP contribution is 2.28. The van der Waals surface area contributed by atoms with Gasteiger partial charge in [0.25, 0.3) is 0 Å². The van der Waals surface area contributed by atoms with E-state index in [1.54, 1.807) is 0 Å². The number of imidazole rings is 1. The standard InChI is InChI=1S/C14H16ClN3.ClH/c1-9-10(4-2-5-11(9)15)14-17-8-13(18-14)12-6-3-7-16-12;/h2,4-5,8,12,16H,3,6-7H2,1H3,(H,17,18);1H/t12-;/m0./s1. The molecule has 2 N–H and O–H groups in total. The van der Waals surface area contributed by atoms with E-state index in [9.17, 15) is 0 Å². The van der Waals surface area contributed by atoms with Gasteiger partial charge in [0, 0.05) is 16.6 Å². The molecule has 0 amide bonds. The summed E-state index contributed by atoms with van der Waals surface area (Å²) in [5.41, 5.74) is 3.31. The Kier molecular flexibility index (Phi) is 4.50. The van der Waals surface area contributed by atoms with Crippen molar-refractivity contribution in [1.82, 2.24) is 15.3 Å². The van der Waals surface area contributed by atoms with Crippen molar-refractivity contribution < 1.29 is 0 Å². The van der Waals surface area contributed by atoms with E-state index in [1.165, 1.54) is 18.5 Å². The molecule has 1 fully saturated rings. The summed E-state index contributed by atoms with van der Waals surface area (Å²) in [6, 6.07) is 6.33. The van der Waals surface area contributed by atoms with Crippen LogP contribution in [0.3, 0.4) is 0 Å². The van der Waals surface area contributed by atoms with Crippen LogP contribution in [-0.4, -0.2) is 16.5 Å². The second-order valence-corrected chi connectivity index (χ2v) is 5.16. The van der Waals surface area contributed by atoms with Crippen LogP contribution >= 0.6 is 24.0 Å². The molecule has 1 aliphatic heterocycles. The van der Waals surface area contributed by atoms with Gasteiger partial charge in [0.05, 0.1) is 11.9 Å². The normalized spacial score (nSPS) is 18.3. The number of aromatic amines is 1. The first kappa shape index (κ1) is 14.4. The van der Waals surface area contributed by atoms with Gasteiger partial charge in [-0.1, -0.05) is 23.7 Å². The van der Waals surface area contributed by atoms with E-state index in [0.717, 1.165) is 28.5 Å². The third kappa shape index (κ3) is 2.78. The minimum atomic E-state index is 0. The first-order valence-corrected chi connectivity index (χ1v) is 6.67. The minimum absolute atomic E-state index is 0. The minimum Gasteiger partial charge on any atom is -0.341 e. The summed E-state index contributed by atoms with van der Waals surface area (Å²) in [7, 11) is 0. The lowest BCUT2D eigenvalue weighted by atomic mass is 10.1. The van der Waals surface area contributed by atoms with Crippen LogP contribution in [0.4, 0.5) is 0 Å². The van der Waals surface area contributed by atoms with E-state index >= 15 is 0 Å². The van der Waals surface area contributed by atoms with Crippen molar-refractivity contribution in [1.29, 1.82) is 0 Å². The number of hydrogen-bond donors (Lipinski definition) is 2. The van der Waals surface area contributed by atoms with Crippen molar-refractivity contribution in [2.45, 2.75) is 25.8 Å². The Morgan fingerprint density at radius 2 is 2.21 bits per heavy atom. The molecule has 19 heavy (non-hydrogen) atoms. The number of halogens is 2. The molecule has 0 unspecified atom stereocenters. The fourth-order valence-corrected chi connectivity index (χ4v) is 2.64. The molecule has 5 heteroatoms. The number of H-pyrrole nitrogens is 1. The zero-order chi connectivity index (χ0) is 12.5. The summed E-state index contributed by atoms with van der Waals surface area (Å²) in [4.78, 5) is 7.89. The average molecular weight is 298 g/mol. The van der Waals surface area contributed by atoms with Crippen LogP contribution in [0.5, 0.6) is 0 Å². The summed E-state index contributed by atoms with van der Waals surface area (Å²) >= 11 is 6.14. The summed E-state index contributed by atoms with van der Waals surface area (Å²) in [5.74, 6) is 0.902. The zero-order valence-corrected chi connectivity index (χ0v) is 12.3. The highest BCUT2D eigenvalue weighted by Gasteiger charge is 2.18. The lowest BCUT2D eigenvalue weighted by molar-refractivity contribution is 0.632. The maximum atomic E-state index is 6.14. The van der Waals surface area contributed by atoms with Gasteiger partial charge < -0.3 is 10.3 Å². The van der Waals surface area contributed by atoms with E-state index in [4.69, 9.17) is 11.6 Å². The Morgan fingerprint density at radius 1 is 1.37 bits per heavy atom. The quantitative estimate of drug-likeness (QED) is 0.883. The molecule has 1 atom stereocenters. The van der Waals surface area contributed by atoms with Gasteiger partial charge in [-0.25, -0.2) is 4.98 Å². The Hall–Kier alpha value is -1.03. The smallest absolute Gasteiger partial charge is 0.137 e. The first-order chi connectivity index (χ1) is 8.75. The molecular weight excluding hydrogens is 281 g/mol. The second-order valence-electron chi connectivity index (χ2n) is 4.75. The molecule has 2 aromatic rings. The summed E-state index contributed by atoms with van der Waals surface area (Å²) < 4.78 is 0. The van der Waals surface area contributed by atoms with Gasteiger partial charge in [0.15, 0.2) is 0 Å². The van der Waals surface area contributed by atoms with Gasteiger partial charge >= 0.3 is 0 Å². The molecule has 1 aromatic carbocycles. The van der Waals surface area contributed by atoms with Crippen molar-refractivity contribution in [3.05, 3.63) is 40.7 Å². The van der Waals surface area contributed by atoms with Crippen LogP contribution in [-0.2, 0) is 0 Å². The second kappa shape index (κ2) is 5.95. The van der Waals surface area contributed by atoms with Crippen LogP contribution in [0.1, 0.15) is 30.1 Å². The molecule has 1 aliphatic rings. The van der Waals surface area contributed by atoms with Crippen molar-refractivity contribution in [2.75, 3.05) is 6.54 Å². The maximum absolute atomic E-state index is 6.14. The summed E-state index contributed by atoms with van der Waals surface area (Å²) in [5, 5.41) is 4.25. The third-order valence-electron chi connectivity index (χ3n) is 3.55. The maximum Gasteiger partial charge on any atom is 0.137 e. The van der Waals surface area contributed by atoms with Crippen LogP contribution < -0.4 is 5.32 Å². The van der Waals surface area contributed by atoms with Crippen LogP contribution in [0, 0.1) is 6.92 Å². The Balaban J connectivity index is 0.00000133. The monoisotopic (exact) mass is 297 g/mol. The predicted molar refractivity (Wildman–Crippen MR) is 81.0 cm³/mol. The fraction of sp³-hybridized carbons (Fsp3) is 0.357. The Bertz CT molecular complexity index is 560. The highest BCUT2D eigenvalue weighted by molar-refractivity contribution is 6.31. The van der Waals surface area contributed by atoms with Gasteiger partial charge in [0.2, 0.25) is 0 Å². The summed E-state index contributed by atoms with van der Waals surface area (Å²) in [6.45, 7) is 3.11. The fourth-order valence-electron chi connectivity index (χ4n) is 2.46. The topological polar surface area (TPSA) is 40.7 Å². The average Bonchev–Trinajstić information content (AvgIpc) is 3.01. The number of aromatic nitrogens is 2. The third-order valence-corrected chi connectivity index (χ3v) is 3.96. The van der Waals surface area contributed by atoms with Gasteiger partial charge in [-0.05, 0) is 37.9 Å². The number of nitrogens with zero attached hydrogens (tertiary/aromatic N) is 1. The number of nitrogens with one attached hydrogen (secondary N) is 2. The van der Waals surface area contributed by atoms with Crippen LogP contribution in [0.25, 0.3) is 11.4 Å². The van der Waals surface area contributed by atoms with Crippen molar-refractivity contribution in [3.63, 3.8) is 0 Å². The molecular formula is C14H17Cl2N3. The SMILES string of the molecule is Cc1c(Cl)cccc1-c1ncc([C@@H]2CCCN2)[nH]1.Cl. The number of hydrogen-bond acceptors (Lipinski definition) is 2. The first-order valence-electron chi connectivity index (χ1n) is 6.29. The molecule has 3 rings (SSSR count). The molecule has 1 saturated heterocycles. The predicted octanol–water partition coefficient (Wildman–Crippen LogP) is 3.88. The van der Waals surface area contributed by atoms with E-state index in [0.29, 0.717) is 6.04 Å². The zero-order valence-electron chi connectivity index (χ0n) is 10.7. The molecule has 1 aromatic heterocycles. The van der Waals surface area contributed by atoms with Crippen molar-refractivity contribution in [2.24, 2.45) is 0 Å².